The van der Waals surface area contributed by atoms with Gasteiger partial charge in [0.2, 0.25) is 5.91 Å². The van der Waals surface area contributed by atoms with Gasteiger partial charge >= 0.3 is 0 Å². The van der Waals surface area contributed by atoms with Gasteiger partial charge in [-0.3, -0.25) is 9.59 Å². The van der Waals surface area contributed by atoms with Crippen LogP contribution >= 0.6 is 0 Å². The lowest BCUT2D eigenvalue weighted by molar-refractivity contribution is -0.146. The number of ether oxygens (including phenoxy) is 1. The van der Waals surface area contributed by atoms with E-state index >= 15 is 0 Å². The number of nitrogens with one attached hydrogen (secondary N) is 1. The van der Waals surface area contributed by atoms with Gasteiger partial charge in [0.25, 0.3) is 0 Å². The van der Waals surface area contributed by atoms with Crippen LogP contribution < -0.4 is 5.32 Å². The summed E-state index contributed by atoms with van der Waals surface area (Å²) in [5.74, 6) is -0.485. The zero-order chi connectivity index (χ0) is 22.0. The zero-order valence-corrected chi connectivity index (χ0v) is 18.6. The van der Waals surface area contributed by atoms with E-state index in [1.54, 1.807) is 0 Å². The van der Waals surface area contributed by atoms with Gasteiger partial charge in [0.15, 0.2) is 5.78 Å². The average molecular weight is 418 g/mol. The second-order valence-corrected chi connectivity index (χ2v) is 10.3. The standard InChI is InChI=1S/C24H35NO5/c1-11(2)8-16-18-14(5)13(4)10-15-9-12(3)6-7-17(26)19(27)20-21(30-20)22(28)24(15,18)23(29)25-16/h9-11,14-21,26-27H,6-8H2,1-5H3,(H,25,29). The number of epoxide rings is 1. The van der Waals surface area contributed by atoms with Gasteiger partial charge < -0.3 is 20.3 Å². The minimum absolute atomic E-state index is 0.0749. The van der Waals surface area contributed by atoms with Crippen molar-refractivity contribution >= 4 is 11.7 Å². The Balaban J connectivity index is 1.87. The Labute approximate surface area is 178 Å². The molecule has 2 aliphatic heterocycles. The lowest BCUT2D eigenvalue weighted by Gasteiger charge is -2.44. The predicted octanol–water partition coefficient (Wildman–Crippen LogP) is 2.14. The topological polar surface area (TPSA) is 99.2 Å². The summed E-state index contributed by atoms with van der Waals surface area (Å²) in [6.07, 6.45) is 2.29. The summed E-state index contributed by atoms with van der Waals surface area (Å²) >= 11 is 0. The molecule has 0 bridgehead atoms. The van der Waals surface area contributed by atoms with E-state index in [9.17, 15) is 19.8 Å². The molecule has 0 aromatic rings. The number of hydrogen-bond donors (Lipinski definition) is 3. The molecular formula is C24H35NO5. The molecule has 3 N–H and O–H groups in total. The van der Waals surface area contributed by atoms with Crippen LogP contribution in [0.25, 0.3) is 0 Å². The highest BCUT2D eigenvalue weighted by Gasteiger charge is 2.70. The van der Waals surface area contributed by atoms with Crippen molar-refractivity contribution in [1.82, 2.24) is 5.32 Å². The van der Waals surface area contributed by atoms with E-state index < -0.39 is 29.8 Å². The van der Waals surface area contributed by atoms with Gasteiger partial charge in [-0.15, -0.1) is 0 Å². The molecule has 2 heterocycles. The Bertz CT molecular complexity index is 801. The Morgan fingerprint density at radius 1 is 1.23 bits per heavy atom. The third-order valence-corrected chi connectivity index (χ3v) is 7.82. The molecule has 0 radical (unpaired) electrons. The molecular weight excluding hydrogens is 382 g/mol. The lowest BCUT2D eigenvalue weighted by Crippen LogP contribution is -2.54. The molecule has 2 aliphatic carbocycles. The number of ketones is 1. The first-order chi connectivity index (χ1) is 14.1. The van der Waals surface area contributed by atoms with E-state index in [-0.39, 0.29) is 35.5 Å². The van der Waals surface area contributed by atoms with Gasteiger partial charge in [0.05, 0.1) is 6.10 Å². The Morgan fingerprint density at radius 3 is 2.60 bits per heavy atom. The highest BCUT2D eigenvalue weighted by molar-refractivity contribution is 6.12. The maximum atomic E-state index is 14.0. The zero-order valence-electron chi connectivity index (χ0n) is 18.6. The van der Waals surface area contributed by atoms with Crippen molar-refractivity contribution in [2.24, 2.45) is 29.1 Å². The molecule has 4 aliphatic rings. The van der Waals surface area contributed by atoms with Crippen LogP contribution in [0.3, 0.4) is 0 Å². The van der Waals surface area contributed by atoms with Gasteiger partial charge in [-0.25, -0.2) is 0 Å². The van der Waals surface area contributed by atoms with Crippen molar-refractivity contribution < 1.29 is 24.5 Å². The minimum Gasteiger partial charge on any atom is -0.390 e. The first kappa shape index (κ1) is 21.7. The van der Waals surface area contributed by atoms with Crippen molar-refractivity contribution in [3.8, 4) is 0 Å². The van der Waals surface area contributed by atoms with Gasteiger partial charge in [0, 0.05) is 17.9 Å². The lowest BCUT2D eigenvalue weighted by atomic mass is 9.54. The van der Waals surface area contributed by atoms with Gasteiger partial charge in [-0.2, -0.15) is 0 Å². The Hall–Kier alpha value is -1.50. The van der Waals surface area contributed by atoms with Crippen LogP contribution in [-0.2, 0) is 14.3 Å². The quantitative estimate of drug-likeness (QED) is 0.363. The summed E-state index contributed by atoms with van der Waals surface area (Å²) in [6.45, 7) is 10.4. The molecule has 9 unspecified atom stereocenters. The van der Waals surface area contributed by atoms with Crippen molar-refractivity contribution in [1.29, 1.82) is 0 Å². The van der Waals surface area contributed by atoms with E-state index in [4.69, 9.17) is 4.74 Å². The molecule has 30 heavy (non-hydrogen) atoms. The summed E-state index contributed by atoms with van der Waals surface area (Å²) < 4.78 is 5.61. The minimum atomic E-state index is -1.23. The van der Waals surface area contributed by atoms with Crippen molar-refractivity contribution in [3.05, 3.63) is 23.3 Å². The van der Waals surface area contributed by atoms with Gasteiger partial charge in [-0.05, 0) is 44.9 Å². The molecule has 9 atom stereocenters. The Kier molecular flexibility index (Phi) is 5.48. The number of allylic oxidation sites excluding steroid dienone is 4. The molecule has 166 valence electrons. The number of hydrogen-bond acceptors (Lipinski definition) is 5. The van der Waals surface area contributed by atoms with Gasteiger partial charge in [-0.1, -0.05) is 44.1 Å². The summed E-state index contributed by atoms with van der Waals surface area (Å²) in [5, 5.41) is 24.0. The number of amides is 1. The SMILES string of the molecule is CC1=CC2C=C(C)C(C)C3C(CC(C)C)NC(=O)C23C(=O)C2OC2C(O)C(O)CC1. The molecule has 0 aromatic carbocycles. The highest BCUT2D eigenvalue weighted by atomic mass is 16.6. The van der Waals surface area contributed by atoms with Gasteiger partial charge in [0.1, 0.15) is 23.7 Å². The average Bonchev–Trinajstić information content (AvgIpc) is 3.41. The molecule has 6 heteroatoms. The van der Waals surface area contributed by atoms with Crippen LogP contribution in [0.1, 0.15) is 53.9 Å². The maximum Gasteiger partial charge on any atom is 0.235 e. The molecule has 0 aromatic heterocycles. The fourth-order valence-corrected chi connectivity index (χ4v) is 6.13. The maximum absolute atomic E-state index is 14.0. The van der Waals surface area contributed by atoms with E-state index in [0.29, 0.717) is 18.8 Å². The van der Waals surface area contributed by atoms with Crippen LogP contribution in [-0.4, -0.2) is 52.4 Å². The fraction of sp³-hybridized carbons (Fsp3) is 0.750. The number of aliphatic hydroxyl groups is 2. The fourth-order valence-electron chi connectivity index (χ4n) is 6.13. The third kappa shape index (κ3) is 3.19. The first-order valence-electron chi connectivity index (χ1n) is 11.3. The molecule has 6 nitrogen and oxygen atoms in total. The van der Waals surface area contributed by atoms with E-state index in [2.05, 4.69) is 39.1 Å². The first-order valence-corrected chi connectivity index (χ1v) is 11.3. The van der Waals surface area contributed by atoms with Crippen LogP contribution in [0.4, 0.5) is 0 Å². The van der Waals surface area contributed by atoms with E-state index in [1.807, 2.05) is 13.0 Å². The van der Waals surface area contributed by atoms with Crippen LogP contribution in [0.2, 0.25) is 0 Å². The monoisotopic (exact) mass is 417 g/mol. The largest absolute Gasteiger partial charge is 0.390 e. The predicted molar refractivity (Wildman–Crippen MR) is 112 cm³/mol. The molecule has 2 fully saturated rings. The number of Topliss-reactive ketones (excluding diaryl/α,β-unsaturated/α-hetero) is 1. The molecule has 4 rings (SSSR count). The number of carbonyl (C=O) groups excluding carboxylic acids is 2. The highest BCUT2D eigenvalue weighted by Crippen LogP contribution is 2.57. The van der Waals surface area contributed by atoms with Crippen LogP contribution in [0.15, 0.2) is 23.3 Å². The molecule has 1 spiro atoms. The molecule has 1 amide bonds. The Morgan fingerprint density at radius 2 is 1.93 bits per heavy atom. The van der Waals surface area contributed by atoms with Crippen molar-refractivity contribution in [2.45, 2.75) is 84.3 Å². The smallest absolute Gasteiger partial charge is 0.235 e. The van der Waals surface area contributed by atoms with Crippen molar-refractivity contribution in [2.75, 3.05) is 0 Å². The normalized spacial score (nSPS) is 46.1. The van der Waals surface area contributed by atoms with Crippen LogP contribution in [0, 0.1) is 29.1 Å². The summed E-state index contributed by atoms with van der Waals surface area (Å²) in [5.41, 5.74) is 0.993. The number of aliphatic hydroxyl groups excluding tert-OH is 2. The number of fused-ring (bicyclic) bond motifs is 1. The summed E-state index contributed by atoms with van der Waals surface area (Å²) in [4.78, 5) is 27.6. The second kappa shape index (κ2) is 7.57. The number of rotatable bonds is 2. The summed E-state index contributed by atoms with van der Waals surface area (Å²) in [6, 6.07) is -0.0749. The van der Waals surface area contributed by atoms with Crippen molar-refractivity contribution in [3.63, 3.8) is 0 Å². The van der Waals surface area contributed by atoms with E-state index in [1.165, 1.54) is 5.57 Å². The third-order valence-electron chi connectivity index (χ3n) is 7.82. The molecule has 2 saturated heterocycles. The van der Waals surface area contributed by atoms with E-state index in [0.717, 1.165) is 12.0 Å². The molecule has 0 saturated carbocycles. The number of carbonyl (C=O) groups is 2. The summed E-state index contributed by atoms with van der Waals surface area (Å²) in [7, 11) is 0. The van der Waals surface area contributed by atoms with Crippen LogP contribution in [0.5, 0.6) is 0 Å². The second-order valence-electron chi connectivity index (χ2n) is 10.3.